The highest BCUT2D eigenvalue weighted by atomic mass is 16.6. The minimum atomic E-state index is -0.255. The summed E-state index contributed by atoms with van der Waals surface area (Å²) in [5.74, 6) is -0.255. The van der Waals surface area contributed by atoms with E-state index in [1.54, 1.807) is 0 Å². The summed E-state index contributed by atoms with van der Waals surface area (Å²) in [6.07, 6.45) is 0.636. The van der Waals surface area contributed by atoms with E-state index in [0.717, 1.165) is 5.69 Å². The van der Waals surface area contributed by atoms with Crippen LogP contribution in [0.2, 0.25) is 0 Å². The van der Waals surface area contributed by atoms with Crippen LogP contribution in [-0.2, 0) is 9.63 Å². The average molecular weight is 231 g/mol. The average Bonchev–Trinajstić information content (AvgIpc) is 2.69. The summed E-state index contributed by atoms with van der Waals surface area (Å²) in [6, 6.07) is 9.25. The summed E-state index contributed by atoms with van der Waals surface area (Å²) in [4.78, 5) is 16.7. The van der Waals surface area contributed by atoms with Crippen LogP contribution >= 0.6 is 0 Å². The van der Waals surface area contributed by atoms with Gasteiger partial charge in [-0.3, -0.25) is 4.79 Å². The zero-order chi connectivity index (χ0) is 12.3. The lowest BCUT2D eigenvalue weighted by Crippen LogP contribution is -2.27. The van der Waals surface area contributed by atoms with Gasteiger partial charge < -0.3 is 4.84 Å². The van der Waals surface area contributed by atoms with Gasteiger partial charge in [0, 0.05) is 0 Å². The summed E-state index contributed by atoms with van der Waals surface area (Å²) in [5, 5.41) is 9.32. The number of carbonyl (C=O) groups is 1. The quantitative estimate of drug-likeness (QED) is 0.745. The summed E-state index contributed by atoms with van der Waals surface area (Å²) in [5.41, 5.74) is 1.64. The zero-order valence-corrected chi connectivity index (χ0v) is 9.75. The molecule has 0 atom stereocenters. The lowest BCUT2D eigenvalue weighted by Gasteiger charge is -2.10. The minimum absolute atomic E-state index is 0.255. The van der Waals surface area contributed by atoms with Gasteiger partial charge in [0.25, 0.3) is 0 Å². The third kappa shape index (κ3) is 2.04. The standard InChI is InChI=1S/C12H13N3O2/c1-3-10-11(14-17-2)12(16)15(13-10)9-7-5-4-6-8-9/h4-8H,3H2,1-2H3. The molecular formula is C12H13N3O2. The van der Waals surface area contributed by atoms with Crippen molar-refractivity contribution >= 4 is 23.0 Å². The molecule has 0 bridgehead atoms. The number of hydrogen-bond donors (Lipinski definition) is 0. The van der Waals surface area contributed by atoms with Crippen molar-refractivity contribution < 1.29 is 9.63 Å². The Morgan fingerprint density at radius 1 is 1.35 bits per heavy atom. The van der Waals surface area contributed by atoms with Crippen LogP contribution in [-0.4, -0.2) is 24.4 Å². The second kappa shape index (κ2) is 4.78. The van der Waals surface area contributed by atoms with E-state index in [0.29, 0.717) is 12.1 Å². The van der Waals surface area contributed by atoms with Gasteiger partial charge in [0.05, 0.1) is 11.4 Å². The van der Waals surface area contributed by atoms with Crippen LogP contribution in [0.25, 0.3) is 0 Å². The fourth-order valence-corrected chi connectivity index (χ4v) is 1.60. The third-order valence-electron chi connectivity index (χ3n) is 2.41. The predicted molar refractivity (Wildman–Crippen MR) is 66.1 cm³/mol. The summed E-state index contributed by atoms with van der Waals surface area (Å²) in [7, 11) is 1.42. The largest absolute Gasteiger partial charge is 0.398 e. The summed E-state index contributed by atoms with van der Waals surface area (Å²) < 4.78 is 0. The van der Waals surface area contributed by atoms with Gasteiger partial charge in [-0.25, -0.2) is 0 Å². The van der Waals surface area contributed by atoms with Crippen LogP contribution in [0.3, 0.4) is 0 Å². The van der Waals surface area contributed by atoms with Crippen molar-refractivity contribution in [1.82, 2.24) is 0 Å². The molecule has 0 unspecified atom stereocenters. The first-order valence-corrected chi connectivity index (χ1v) is 5.36. The molecule has 0 spiro atoms. The first kappa shape index (κ1) is 11.3. The van der Waals surface area contributed by atoms with Crippen molar-refractivity contribution in [3.05, 3.63) is 30.3 Å². The number of para-hydroxylation sites is 1. The van der Waals surface area contributed by atoms with Crippen molar-refractivity contribution in [2.45, 2.75) is 13.3 Å². The number of hydrogen-bond acceptors (Lipinski definition) is 4. The van der Waals surface area contributed by atoms with Gasteiger partial charge in [-0.2, -0.15) is 10.1 Å². The molecule has 1 heterocycles. The highest BCUT2D eigenvalue weighted by Crippen LogP contribution is 2.19. The number of amides is 1. The molecule has 0 saturated carbocycles. The molecule has 1 aromatic carbocycles. The topological polar surface area (TPSA) is 54.3 Å². The van der Waals surface area contributed by atoms with E-state index in [-0.39, 0.29) is 11.6 Å². The Morgan fingerprint density at radius 2 is 2.06 bits per heavy atom. The molecule has 2 rings (SSSR count). The second-order valence-electron chi connectivity index (χ2n) is 3.48. The van der Waals surface area contributed by atoms with Crippen LogP contribution in [0.4, 0.5) is 5.69 Å². The van der Waals surface area contributed by atoms with Crippen molar-refractivity contribution in [3.63, 3.8) is 0 Å². The second-order valence-corrected chi connectivity index (χ2v) is 3.48. The molecule has 0 N–H and O–H groups in total. The van der Waals surface area contributed by atoms with Crippen LogP contribution in [0.15, 0.2) is 40.6 Å². The fraction of sp³-hybridized carbons (Fsp3) is 0.250. The maximum Gasteiger partial charge on any atom is 0.302 e. The molecule has 0 aromatic heterocycles. The number of rotatable bonds is 3. The number of nitrogens with zero attached hydrogens (tertiary/aromatic N) is 3. The number of hydrazone groups is 1. The Balaban J connectivity index is 2.37. The fourth-order valence-electron chi connectivity index (χ4n) is 1.60. The molecule has 1 aliphatic heterocycles. The predicted octanol–water partition coefficient (Wildman–Crippen LogP) is 1.80. The van der Waals surface area contributed by atoms with E-state index in [2.05, 4.69) is 15.1 Å². The smallest absolute Gasteiger partial charge is 0.302 e. The first-order valence-electron chi connectivity index (χ1n) is 5.36. The first-order chi connectivity index (χ1) is 8.27. The Hall–Kier alpha value is -2.17. The van der Waals surface area contributed by atoms with Gasteiger partial charge in [-0.05, 0) is 18.6 Å². The molecule has 1 amide bonds. The highest BCUT2D eigenvalue weighted by molar-refractivity contribution is 6.71. The number of benzene rings is 1. The van der Waals surface area contributed by atoms with Gasteiger partial charge in [-0.1, -0.05) is 30.3 Å². The van der Waals surface area contributed by atoms with E-state index >= 15 is 0 Å². The molecule has 17 heavy (non-hydrogen) atoms. The van der Waals surface area contributed by atoms with E-state index in [1.807, 2.05) is 37.3 Å². The molecule has 0 radical (unpaired) electrons. The van der Waals surface area contributed by atoms with Crippen molar-refractivity contribution in [1.29, 1.82) is 0 Å². The van der Waals surface area contributed by atoms with Gasteiger partial charge in [0.15, 0.2) is 5.71 Å². The van der Waals surface area contributed by atoms with Crippen molar-refractivity contribution in [3.8, 4) is 0 Å². The minimum Gasteiger partial charge on any atom is -0.398 e. The van der Waals surface area contributed by atoms with E-state index in [1.165, 1.54) is 12.1 Å². The Labute approximate surface area is 99.4 Å². The molecular weight excluding hydrogens is 218 g/mol. The van der Waals surface area contributed by atoms with Crippen LogP contribution in [0, 0.1) is 0 Å². The van der Waals surface area contributed by atoms with E-state index in [9.17, 15) is 4.79 Å². The molecule has 1 aromatic rings. The highest BCUT2D eigenvalue weighted by Gasteiger charge is 2.32. The zero-order valence-electron chi connectivity index (χ0n) is 9.75. The Morgan fingerprint density at radius 3 is 2.65 bits per heavy atom. The number of carbonyl (C=O) groups excluding carboxylic acids is 1. The van der Waals surface area contributed by atoms with Crippen molar-refractivity contribution in [2.24, 2.45) is 10.3 Å². The molecule has 0 aliphatic carbocycles. The Bertz CT molecular complexity index is 480. The maximum absolute atomic E-state index is 12.1. The maximum atomic E-state index is 12.1. The molecule has 0 fully saturated rings. The molecule has 5 nitrogen and oxygen atoms in total. The monoisotopic (exact) mass is 231 g/mol. The normalized spacial score (nSPS) is 17.5. The van der Waals surface area contributed by atoms with Crippen molar-refractivity contribution in [2.75, 3.05) is 12.1 Å². The third-order valence-corrected chi connectivity index (χ3v) is 2.41. The van der Waals surface area contributed by atoms with Gasteiger partial charge in [-0.15, -0.1) is 0 Å². The van der Waals surface area contributed by atoms with Crippen LogP contribution in [0.5, 0.6) is 0 Å². The van der Waals surface area contributed by atoms with Gasteiger partial charge >= 0.3 is 5.91 Å². The molecule has 1 aliphatic rings. The van der Waals surface area contributed by atoms with E-state index < -0.39 is 0 Å². The number of anilines is 1. The van der Waals surface area contributed by atoms with Gasteiger partial charge in [0.2, 0.25) is 0 Å². The van der Waals surface area contributed by atoms with Crippen LogP contribution in [0.1, 0.15) is 13.3 Å². The summed E-state index contributed by atoms with van der Waals surface area (Å²) >= 11 is 0. The molecule has 5 heteroatoms. The number of oxime groups is 1. The molecule has 0 saturated heterocycles. The van der Waals surface area contributed by atoms with Gasteiger partial charge in [0.1, 0.15) is 7.11 Å². The van der Waals surface area contributed by atoms with Crippen LogP contribution < -0.4 is 5.01 Å². The lowest BCUT2D eigenvalue weighted by molar-refractivity contribution is -0.112. The summed E-state index contributed by atoms with van der Waals surface area (Å²) in [6.45, 7) is 1.92. The Kier molecular flexibility index (Phi) is 3.18. The van der Waals surface area contributed by atoms with E-state index in [4.69, 9.17) is 0 Å². The SMILES string of the molecule is CCC1=NN(c2ccccc2)C(=O)C1=NOC. The molecule has 88 valence electrons. The lowest BCUT2D eigenvalue weighted by atomic mass is 10.2.